The number of aryl methyl sites for hydroxylation is 1. The van der Waals surface area contributed by atoms with Crippen molar-refractivity contribution < 1.29 is 14.1 Å². The molecule has 1 amide bonds. The maximum Gasteiger partial charge on any atom is 0.251 e. The second-order valence-electron chi connectivity index (χ2n) is 9.45. The van der Waals surface area contributed by atoms with Crippen LogP contribution < -0.4 is 14.6 Å². The number of benzene rings is 1. The zero-order valence-corrected chi connectivity index (χ0v) is 22.8. The number of pyridine rings is 1. The summed E-state index contributed by atoms with van der Waals surface area (Å²) in [4.78, 5) is 12.6. The van der Waals surface area contributed by atoms with Gasteiger partial charge in [-0.05, 0) is 24.6 Å². The van der Waals surface area contributed by atoms with Crippen LogP contribution in [0.25, 0.3) is 0 Å². The van der Waals surface area contributed by atoms with Gasteiger partial charge in [0.2, 0.25) is 5.69 Å². The number of unbranched alkanes of at least 4 members (excludes halogenated alkanes) is 11. The first-order chi connectivity index (χ1) is 17.2. The summed E-state index contributed by atoms with van der Waals surface area (Å²) in [6.45, 7) is 6.49. The zero-order chi connectivity index (χ0) is 25.1. The minimum Gasteiger partial charge on any atom is -0.492 e. The lowest BCUT2D eigenvalue weighted by Gasteiger charge is -2.10. The Labute approximate surface area is 218 Å². The van der Waals surface area contributed by atoms with Crippen LogP contribution in [0.3, 0.4) is 0 Å². The van der Waals surface area contributed by atoms with Crippen LogP contribution in [-0.4, -0.2) is 12.5 Å². The summed E-state index contributed by atoms with van der Waals surface area (Å²) in [7, 11) is 0. The van der Waals surface area contributed by atoms with E-state index in [1.807, 2.05) is 24.4 Å². The van der Waals surface area contributed by atoms with Gasteiger partial charge < -0.3 is 10.1 Å². The lowest BCUT2D eigenvalue weighted by molar-refractivity contribution is -0.704. The fraction of sp³-hybridized carbons (Fsp3) is 0.600. The summed E-state index contributed by atoms with van der Waals surface area (Å²) in [5.41, 5.74) is 1.63. The minimum atomic E-state index is -0.133. The number of carbonyl (C=O) groups excluding carboxylic acids is 1. The molecule has 0 spiro atoms. The summed E-state index contributed by atoms with van der Waals surface area (Å²) in [6, 6.07) is 11.3. The van der Waals surface area contributed by atoms with E-state index in [4.69, 9.17) is 16.3 Å². The number of nitrogens with zero attached hydrogens (tertiary/aromatic N) is 1. The summed E-state index contributed by atoms with van der Waals surface area (Å²) < 4.78 is 8.03. The Balaban J connectivity index is 1.60. The third kappa shape index (κ3) is 11.9. The molecule has 1 N–H and O–H groups in total. The van der Waals surface area contributed by atoms with Gasteiger partial charge in [0.1, 0.15) is 18.8 Å². The van der Waals surface area contributed by atoms with Crippen molar-refractivity contribution in [2.75, 3.05) is 6.61 Å². The largest absolute Gasteiger partial charge is 0.492 e. The Kier molecular flexibility index (Phi) is 15.2. The number of aromatic nitrogens is 1. The van der Waals surface area contributed by atoms with Crippen molar-refractivity contribution in [1.29, 1.82) is 0 Å². The molecule has 35 heavy (non-hydrogen) atoms. The van der Waals surface area contributed by atoms with Gasteiger partial charge in [0, 0.05) is 24.1 Å². The highest BCUT2D eigenvalue weighted by Gasteiger charge is 2.13. The monoisotopic (exact) mass is 501 g/mol. The molecule has 2 rings (SSSR count). The fourth-order valence-corrected chi connectivity index (χ4v) is 4.52. The predicted molar refractivity (Wildman–Crippen MR) is 146 cm³/mol. The van der Waals surface area contributed by atoms with Crippen LogP contribution in [0, 0.1) is 0 Å². The zero-order valence-electron chi connectivity index (χ0n) is 22.0. The van der Waals surface area contributed by atoms with Crippen LogP contribution >= 0.6 is 11.6 Å². The molecule has 0 unspecified atom stereocenters. The van der Waals surface area contributed by atoms with Gasteiger partial charge in [-0.3, -0.25) is 4.79 Å². The van der Waals surface area contributed by atoms with Crippen molar-refractivity contribution in [2.24, 2.45) is 0 Å². The number of ether oxygens (including phenoxy) is 1. The molecule has 0 radical (unpaired) electrons. The molecule has 194 valence electrons. The topological polar surface area (TPSA) is 42.2 Å². The SMILES string of the molecule is CCCCCCCCCCCCCCOc1ccc(C(=O)NCc2cccc[n+]2CCC)cc1Cl. The second-order valence-corrected chi connectivity index (χ2v) is 9.86. The van der Waals surface area contributed by atoms with Crippen LogP contribution in [-0.2, 0) is 13.1 Å². The Morgan fingerprint density at radius 1 is 0.857 bits per heavy atom. The average molecular weight is 502 g/mol. The van der Waals surface area contributed by atoms with Crippen LogP contribution in [0.5, 0.6) is 5.75 Å². The third-order valence-corrected chi connectivity index (χ3v) is 6.67. The van der Waals surface area contributed by atoms with Gasteiger partial charge >= 0.3 is 0 Å². The Morgan fingerprint density at radius 2 is 1.51 bits per heavy atom. The van der Waals surface area contributed by atoms with Crippen molar-refractivity contribution in [3.05, 3.63) is 58.9 Å². The molecule has 0 bridgehead atoms. The van der Waals surface area contributed by atoms with Gasteiger partial charge in [-0.2, -0.15) is 0 Å². The Morgan fingerprint density at radius 3 is 2.14 bits per heavy atom. The molecular weight excluding hydrogens is 456 g/mol. The number of amides is 1. The van der Waals surface area contributed by atoms with Gasteiger partial charge in [-0.1, -0.05) is 102 Å². The van der Waals surface area contributed by atoms with Gasteiger partial charge in [-0.15, -0.1) is 0 Å². The average Bonchev–Trinajstić information content (AvgIpc) is 2.87. The standard InChI is InChI=1S/C30H45ClN2O2/c1-3-5-6-7-8-9-10-11-12-13-14-17-23-35-29-20-19-26(24-28(29)31)30(34)32-25-27-18-15-16-22-33(27)21-4-2/h15-16,18-20,22,24H,3-14,17,21,23,25H2,1-2H3/p+1. The first kappa shape index (κ1) is 29.2. The summed E-state index contributed by atoms with van der Waals surface area (Å²) in [5, 5.41) is 3.48. The van der Waals surface area contributed by atoms with Crippen molar-refractivity contribution in [1.82, 2.24) is 5.32 Å². The summed E-state index contributed by atoms with van der Waals surface area (Å²) in [6.07, 6.45) is 19.0. The molecule has 1 aromatic heterocycles. The van der Waals surface area contributed by atoms with E-state index >= 15 is 0 Å². The van der Waals surface area contributed by atoms with E-state index in [-0.39, 0.29) is 5.91 Å². The van der Waals surface area contributed by atoms with Gasteiger partial charge in [0.15, 0.2) is 6.20 Å². The van der Waals surface area contributed by atoms with E-state index < -0.39 is 0 Å². The van der Waals surface area contributed by atoms with E-state index in [2.05, 4.69) is 23.7 Å². The molecule has 0 aliphatic carbocycles. The molecule has 0 aliphatic heterocycles. The summed E-state index contributed by atoms with van der Waals surface area (Å²) in [5.74, 6) is 0.515. The first-order valence-electron chi connectivity index (χ1n) is 13.8. The highest BCUT2D eigenvalue weighted by atomic mass is 35.5. The Bertz CT molecular complexity index is 856. The molecule has 1 aromatic carbocycles. The number of nitrogens with one attached hydrogen (secondary N) is 1. The normalized spacial score (nSPS) is 10.9. The third-order valence-electron chi connectivity index (χ3n) is 6.38. The van der Waals surface area contributed by atoms with Crippen LogP contribution in [0.2, 0.25) is 5.02 Å². The highest BCUT2D eigenvalue weighted by Crippen LogP contribution is 2.26. The molecule has 4 nitrogen and oxygen atoms in total. The minimum absolute atomic E-state index is 0.133. The molecule has 0 fully saturated rings. The molecule has 0 saturated carbocycles. The number of hydrogen-bond donors (Lipinski definition) is 1. The number of rotatable bonds is 19. The van der Waals surface area contributed by atoms with Gasteiger partial charge in [0.05, 0.1) is 11.6 Å². The molecule has 0 saturated heterocycles. The highest BCUT2D eigenvalue weighted by molar-refractivity contribution is 6.32. The molecule has 0 atom stereocenters. The van der Waals surface area contributed by atoms with Crippen molar-refractivity contribution in [2.45, 2.75) is 110 Å². The molecule has 2 aromatic rings. The Hall–Kier alpha value is -2.07. The van der Waals surface area contributed by atoms with Crippen molar-refractivity contribution >= 4 is 17.5 Å². The summed E-state index contributed by atoms with van der Waals surface area (Å²) >= 11 is 6.40. The molecule has 1 heterocycles. The first-order valence-corrected chi connectivity index (χ1v) is 14.2. The molecular formula is C30H46ClN2O2+. The maximum atomic E-state index is 12.6. The van der Waals surface area contributed by atoms with E-state index in [0.29, 0.717) is 29.5 Å². The van der Waals surface area contributed by atoms with Gasteiger partial charge in [0.25, 0.3) is 5.91 Å². The van der Waals surface area contributed by atoms with Crippen LogP contribution in [0.4, 0.5) is 0 Å². The van der Waals surface area contributed by atoms with E-state index in [9.17, 15) is 4.79 Å². The number of hydrogen-bond acceptors (Lipinski definition) is 2. The maximum absolute atomic E-state index is 12.6. The predicted octanol–water partition coefficient (Wildman–Crippen LogP) is 8.05. The lowest BCUT2D eigenvalue weighted by Crippen LogP contribution is -2.40. The van der Waals surface area contributed by atoms with E-state index in [0.717, 1.165) is 25.1 Å². The van der Waals surface area contributed by atoms with E-state index in [1.54, 1.807) is 18.2 Å². The molecule has 5 heteroatoms. The van der Waals surface area contributed by atoms with Crippen LogP contribution in [0.1, 0.15) is 113 Å². The van der Waals surface area contributed by atoms with Crippen LogP contribution in [0.15, 0.2) is 42.6 Å². The second kappa shape index (κ2) is 18.2. The lowest BCUT2D eigenvalue weighted by atomic mass is 10.1. The van der Waals surface area contributed by atoms with Crippen molar-refractivity contribution in [3.63, 3.8) is 0 Å². The molecule has 0 aliphatic rings. The smallest absolute Gasteiger partial charge is 0.251 e. The fourth-order valence-electron chi connectivity index (χ4n) is 4.29. The number of carbonyl (C=O) groups is 1. The van der Waals surface area contributed by atoms with Crippen molar-refractivity contribution in [3.8, 4) is 5.75 Å². The number of halogens is 1. The van der Waals surface area contributed by atoms with Gasteiger partial charge in [-0.25, -0.2) is 4.57 Å². The van der Waals surface area contributed by atoms with E-state index in [1.165, 1.54) is 70.6 Å². The quantitative estimate of drug-likeness (QED) is 0.156.